The summed E-state index contributed by atoms with van der Waals surface area (Å²) >= 11 is 12.0. The first-order valence-corrected chi connectivity index (χ1v) is 10.9. The van der Waals surface area contributed by atoms with E-state index in [0.717, 1.165) is 16.0 Å². The van der Waals surface area contributed by atoms with Crippen LogP contribution in [0.15, 0.2) is 71.4 Å². The van der Waals surface area contributed by atoms with E-state index in [1.165, 1.54) is 30.3 Å². The van der Waals surface area contributed by atoms with E-state index in [2.05, 4.69) is 5.32 Å². The number of ether oxygens (including phenoxy) is 1. The molecule has 0 aromatic heterocycles. The van der Waals surface area contributed by atoms with Crippen LogP contribution >= 0.6 is 23.2 Å². The molecule has 0 aliphatic carbocycles. The van der Waals surface area contributed by atoms with Crippen molar-refractivity contribution in [1.29, 1.82) is 0 Å². The summed E-state index contributed by atoms with van der Waals surface area (Å²) in [5.41, 5.74) is 2.82. The fourth-order valence-electron chi connectivity index (χ4n) is 3.36. The average Bonchev–Trinajstić information content (AvgIpc) is 3.02. The van der Waals surface area contributed by atoms with Crippen LogP contribution in [-0.2, 0) is 9.59 Å². The van der Waals surface area contributed by atoms with Gasteiger partial charge in [-0.2, -0.15) is 0 Å². The van der Waals surface area contributed by atoms with Crippen molar-refractivity contribution in [2.75, 3.05) is 10.2 Å². The van der Waals surface area contributed by atoms with E-state index in [-0.39, 0.29) is 32.8 Å². The number of hydrogen-bond donors (Lipinski definition) is 2. The van der Waals surface area contributed by atoms with Crippen molar-refractivity contribution in [2.24, 2.45) is 0 Å². The highest BCUT2D eigenvalue weighted by Gasteiger charge is 2.39. The van der Waals surface area contributed by atoms with Crippen molar-refractivity contribution in [3.8, 4) is 11.5 Å². The number of esters is 1. The van der Waals surface area contributed by atoms with Crippen LogP contribution in [0.1, 0.15) is 21.5 Å². The van der Waals surface area contributed by atoms with E-state index in [0.29, 0.717) is 11.4 Å². The summed E-state index contributed by atoms with van der Waals surface area (Å²) in [6, 6.07) is 15.5. The van der Waals surface area contributed by atoms with E-state index in [9.17, 15) is 19.5 Å². The predicted octanol–water partition coefficient (Wildman–Crippen LogP) is 5.32. The van der Waals surface area contributed by atoms with Gasteiger partial charge in [-0.15, -0.1) is 0 Å². The average molecular weight is 497 g/mol. The first-order valence-electron chi connectivity index (χ1n) is 10.1. The summed E-state index contributed by atoms with van der Waals surface area (Å²) < 4.78 is 5.23. The Kier molecular flexibility index (Phi) is 6.32. The molecular weight excluding hydrogens is 479 g/mol. The number of carbonyl (C=O) groups is 3. The fraction of sp³-hybridized carbons (Fsp3) is 0.0800. The largest absolute Gasteiger partial charge is 0.506 e. The van der Waals surface area contributed by atoms with Crippen molar-refractivity contribution in [3.63, 3.8) is 0 Å². The Labute approximate surface area is 205 Å². The second-order valence-corrected chi connectivity index (χ2v) is 8.34. The van der Waals surface area contributed by atoms with Crippen LogP contribution in [0.3, 0.4) is 0 Å². The summed E-state index contributed by atoms with van der Waals surface area (Å²) in [6.45, 7) is 3.72. The van der Waals surface area contributed by atoms with Gasteiger partial charge in [0.05, 0.1) is 16.3 Å². The lowest BCUT2D eigenvalue weighted by Gasteiger charge is -2.18. The van der Waals surface area contributed by atoms with Gasteiger partial charge in [0.2, 0.25) is 0 Å². The lowest BCUT2D eigenvalue weighted by atomic mass is 10.1. The molecule has 3 aromatic rings. The van der Waals surface area contributed by atoms with Crippen LogP contribution in [0.25, 0.3) is 0 Å². The number of nitrogens with one attached hydrogen (secondary N) is 1. The predicted molar refractivity (Wildman–Crippen MR) is 129 cm³/mol. The number of aryl methyl sites for hydroxylation is 1. The van der Waals surface area contributed by atoms with E-state index in [4.69, 9.17) is 27.9 Å². The normalized spacial score (nSPS) is 13.5. The van der Waals surface area contributed by atoms with Crippen molar-refractivity contribution in [2.45, 2.75) is 13.8 Å². The number of aromatic hydroxyl groups is 1. The molecule has 3 aromatic carbocycles. The molecule has 0 spiro atoms. The third kappa shape index (κ3) is 4.35. The van der Waals surface area contributed by atoms with Crippen molar-refractivity contribution in [3.05, 3.63) is 93.1 Å². The number of anilines is 2. The van der Waals surface area contributed by atoms with Gasteiger partial charge in [0.25, 0.3) is 11.8 Å². The Hall–Kier alpha value is -3.81. The number of imide groups is 1. The maximum Gasteiger partial charge on any atom is 0.343 e. The van der Waals surface area contributed by atoms with Crippen LogP contribution in [0.2, 0.25) is 5.02 Å². The summed E-state index contributed by atoms with van der Waals surface area (Å²) in [5.74, 6) is -1.92. The molecule has 0 atom stereocenters. The first kappa shape index (κ1) is 23.4. The molecule has 0 saturated heterocycles. The summed E-state index contributed by atoms with van der Waals surface area (Å²) in [5, 5.41) is 12.4. The Morgan fingerprint density at radius 3 is 2.35 bits per heavy atom. The minimum absolute atomic E-state index is 0.0560. The van der Waals surface area contributed by atoms with Crippen LogP contribution in [-0.4, -0.2) is 22.9 Å². The van der Waals surface area contributed by atoms with E-state index < -0.39 is 17.8 Å². The van der Waals surface area contributed by atoms with Crippen LogP contribution in [0, 0.1) is 13.8 Å². The van der Waals surface area contributed by atoms with E-state index >= 15 is 0 Å². The number of halogens is 2. The van der Waals surface area contributed by atoms with Gasteiger partial charge >= 0.3 is 5.97 Å². The van der Waals surface area contributed by atoms with Crippen LogP contribution in [0.4, 0.5) is 11.4 Å². The fourth-order valence-corrected chi connectivity index (χ4v) is 3.69. The smallest absolute Gasteiger partial charge is 0.343 e. The van der Waals surface area contributed by atoms with Crippen molar-refractivity contribution < 1.29 is 24.2 Å². The number of phenols is 1. The Balaban J connectivity index is 1.50. The van der Waals surface area contributed by atoms with E-state index in [1.807, 2.05) is 19.9 Å². The highest BCUT2D eigenvalue weighted by molar-refractivity contribution is 6.53. The molecule has 1 aliphatic rings. The number of amides is 2. The Morgan fingerprint density at radius 1 is 0.971 bits per heavy atom. The van der Waals surface area contributed by atoms with Crippen LogP contribution in [0.5, 0.6) is 11.5 Å². The maximum atomic E-state index is 13.0. The lowest BCUT2D eigenvalue weighted by molar-refractivity contribution is -0.120. The summed E-state index contributed by atoms with van der Waals surface area (Å²) in [7, 11) is 0. The molecule has 0 unspecified atom stereocenters. The molecule has 1 aliphatic heterocycles. The standard InChI is InChI=1S/C25H18Cl2N2O5/c1-13-4-3-5-19(14(13)2)29-23(31)21(27)22(24(29)32)28-16-8-6-15(7-9-16)25(33)34-17-10-11-18(26)20(30)12-17/h3-12,28,30H,1-2H3. The third-order valence-electron chi connectivity index (χ3n) is 5.36. The molecule has 2 N–H and O–H groups in total. The highest BCUT2D eigenvalue weighted by Crippen LogP contribution is 2.33. The van der Waals surface area contributed by atoms with Gasteiger partial charge in [0, 0.05) is 11.8 Å². The molecule has 172 valence electrons. The monoisotopic (exact) mass is 496 g/mol. The minimum atomic E-state index is -0.654. The number of phenolic OH excluding ortho intramolecular Hbond substituents is 1. The molecule has 1 heterocycles. The molecule has 7 nitrogen and oxygen atoms in total. The molecular formula is C25H18Cl2N2O5. The molecule has 34 heavy (non-hydrogen) atoms. The molecule has 2 amide bonds. The van der Waals surface area contributed by atoms with Gasteiger partial charge in [0.1, 0.15) is 22.2 Å². The zero-order chi connectivity index (χ0) is 24.6. The van der Waals surface area contributed by atoms with E-state index in [1.54, 1.807) is 24.3 Å². The summed E-state index contributed by atoms with van der Waals surface area (Å²) in [4.78, 5) is 39.2. The molecule has 0 saturated carbocycles. The number of benzene rings is 3. The topological polar surface area (TPSA) is 95.9 Å². The molecule has 0 fully saturated rings. The van der Waals surface area contributed by atoms with Gasteiger partial charge in [-0.3, -0.25) is 9.59 Å². The minimum Gasteiger partial charge on any atom is -0.506 e. The zero-order valence-electron chi connectivity index (χ0n) is 18.1. The Morgan fingerprint density at radius 2 is 1.68 bits per heavy atom. The van der Waals surface area contributed by atoms with Gasteiger partial charge in [-0.25, -0.2) is 9.69 Å². The number of nitrogens with zero attached hydrogens (tertiary/aromatic N) is 1. The highest BCUT2D eigenvalue weighted by atomic mass is 35.5. The third-order valence-corrected chi connectivity index (χ3v) is 6.03. The van der Waals surface area contributed by atoms with Crippen molar-refractivity contribution >= 4 is 52.4 Å². The SMILES string of the molecule is Cc1cccc(N2C(=O)C(Cl)=C(Nc3ccc(C(=O)Oc4ccc(Cl)c(O)c4)cc3)C2=O)c1C. The number of rotatable bonds is 5. The molecule has 4 rings (SSSR count). The van der Waals surface area contributed by atoms with Crippen molar-refractivity contribution in [1.82, 2.24) is 0 Å². The van der Waals surface area contributed by atoms with Gasteiger partial charge < -0.3 is 15.2 Å². The maximum absolute atomic E-state index is 13.0. The van der Waals surface area contributed by atoms with Crippen LogP contribution < -0.4 is 15.0 Å². The molecule has 0 bridgehead atoms. The van der Waals surface area contributed by atoms with Gasteiger partial charge in [-0.05, 0) is 67.4 Å². The lowest BCUT2D eigenvalue weighted by Crippen LogP contribution is -2.33. The van der Waals surface area contributed by atoms with Gasteiger partial charge in [-0.1, -0.05) is 35.3 Å². The quantitative estimate of drug-likeness (QED) is 0.282. The molecule has 9 heteroatoms. The second kappa shape index (κ2) is 9.21. The number of hydrogen-bond acceptors (Lipinski definition) is 6. The zero-order valence-corrected chi connectivity index (χ0v) is 19.6. The van der Waals surface area contributed by atoms with Gasteiger partial charge in [0.15, 0.2) is 0 Å². The molecule has 0 radical (unpaired) electrons. The second-order valence-electron chi connectivity index (χ2n) is 7.56. The Bertz CT molecular complexity index is 1370. The summed E-state index contributed by atoms with van der Waals surface area (Å²) in [6.07, 6.45) is 0. The number of carbonyl (C=O) groups excluding carboxylic acids is 3. The first-order chi connectivity index (χ1) is 16.2.